The second kappa shape index (κ2) is 8.38. The van der Waals surface area contributed by atoms with Gasteiger partial charge in [0.25, 0.3) is 0 Å². The summed E-state index contributed by atoms with van der Waals surface area (Å²) in [7, 11) is 1.83. The molecule has 152 valence electrons. The van der Waals surface area contributed by atoms with Crippen molar-refractivity contribution in [3.8, 4) is 17.1 Å². The Kier molecular flexibility index (Phi) is 5.49. The van der Waals surface area contributed by atoms with Gasteiger partial charge in [-0.2, -0.15) is 10.2 Å². The lowest BCUT2D eigenvalue weighted by atomic mass is 10.0. The number of aliphatic hydroxyl groups excluding tert-OH is 1. The highest BCUT2D eigenvalue weighted by Crippen LogP contribution is 2.19. The van der Waals surface area contributed by atoms with E-state index in [1.54, 1.807) is 34.2 Å². The molecule has 8 nitrogen and oxygen atoms in total. The molecule has 4 rings (SSSR count). The Hall–Kier alpha value is -3.65. The molecular weight excluding hydrogens is 380 g/mol. The maximum atomic E-state index is 12.4. The summed E-state index contributed by atoms with van der Waals surface area (Å²) in [5, 5.41) is 17.9. The first-order valence-electron chi connectivity index (χ1n) is 9.63. The molecule has 0 radical (unpaired) electrons. The van der Waals surface area contributed by atoms with Crippen LogP contribution in [0.5, 0.6) is 0 Å². The Balaban J connectivity index is 1.60. The van der Waals surface area contributed by atoms with Crippen molar-refractivity contribution in [1.29, 1.82) is 0 Å². The van der Waals surface area contributed by atoms with Crippen molar-refractivity contribution in [1.82, 2.24) is 29.5 Å². The first-order valence-corrected chi connectivity index (χ1v) is 9.63. The second-order valence-corrected chi connectivity index (χ2v) is 7.24. The topological polar surface area (TPSA) is 98.7 Å². The summed E-state index contributed by atoms with van der Waals surface area (Å²) in [5.41, 5.74) is 3.82. The maximum absolute atomic E-state index is 12.4. The monoisotopic (exact) mass is 402 g/mol. The maximum Gasteiger partial charge on any atom is 0.203 e. The second-order valence-electron chi connectivity index (χ2n) is 7.24. The molecule has 0 bridgehead atoms. The first-order chi connectivity index (χ1) is 14.5. The highest BCUT2D eigenvalue weighted by molar-refractivity contribution is 5.56. The molecule has 30 heavy (non-hydrogen) atoms. The average Bonchev–Trinajstić information content (AvgIpc) is 3.21. The van der Waals surface area contributed by atoms with E-state index in [2.05, 4.69) is 20.2 Å². The Morgan fingerprint density at radius 1 is 1.13 bits per heavy atom. The van der Waals surface area contributed by atoms with E-state index in [1.165, 1.54) is 6.07 Å². The summed E-state index contributed by atoms with van der Waals surface area (Å²) in [6.07, 6.45) is 9.04. The number of aryl methyl sites for hydroxylation is 1. The minimum Gasteiger partial charge on any atom is -0.396 e. The van der Waals surface area contributed by atoms with Crippen LogP contribution in [0.1, 0.15) is 29.7 Å². The lowest BCUT2D eigenvalue weighted by Crippen LogP contribution is -2.16. The molecule has 0 aliphatic carbocycles. The fourth-order valence-electron chi connectivity index (χ4n) is 3.10. The van der Waals surface area contributed by atoms with E-state index >= 15 is 0 Å². The minimum atomic E-state index is -0.112. The molecule has 1 N–H and O–H groups in total. The summed E-state index contributed by atoms with van der Waals surface area (Å²) in [6.45, 7) is 1.98. The summed E-state index contributed by atoms with van der Waals surface area (Å²) in [6, 6.07) is 9.28. The molecule has 0 spiro atoms. The van der Waals surface area contributed by atoms with Gasteiger partial charge in [-0.1, -0.05) is 25.1 Å². The van der Waals surface area contributed by atoms with E-state index in [4.69, 9.17) is 0 Å². The molecule has 4 aromatic rings. The lowest BCUT2D eigenvalue weighted by Gasteiger charge is -2.09. The van der Waals surface area contributed by atoms with Crippen LogP contribution in [0.3, 0.4) is 0 Å². The highest BCUT2D eigenvalue weighted by Gasteiger charge is 2.10. The number of nitrogens with zero attached hydrogens (tertiary/aromatic N) is 6. The lowest BCUT2D eigenvalue weighted by molar-refractivity contribution is 0.272. The molecule has 0 saturated heterocycles. The number of aliphatic hydroxyl groups is 1. The number of benzene rings is 1. The van der Waals surface area contributed by atoms with Gasteiger partial charge in [0.1, 0.15) is 11.4 Å². The summed E-state index contributed by atoms with van der Waals surface area (Å²) >= 11 is 0. The predicted molar refractivity (Wildman–Crippen MR) is 112 cm³/mol. The van der Waals surface area contributed by atoms with E-state index < -0.39 is 0 Å². The molecule has 3 aromatic heterocycles. The average molecular weight is 402 g/mol. The van der Waals surface area contributed by atoms with Gasteiger partial charge in [0.05, 0.1) is 12.4 Å². The number of aromatic nitrogens is 6. The van der Waals surface area contributed by atoms with Gasteiger partial charge < -0.3 is 5.11 Å². The van der Waals surface area contributed by atoms with E-state index in [9.17, 15) is 9.90 Å². The normalized spacial score (nSPS) is 12.1. The number of rotatable bonds is 6. The smallest absolute Gasteiger partial charge is 0.203 e. The van der Waals surface area contributed by atoms with E-state index in [0.717, 1.165) is 22.4 Å². The largest absolute Gasteiger partial charge is 0.396 e. The van der Waals surface area contributed by atoms with Gasteiger partial charge in [-0.3, -0.25) is 9.48 Å². The first kappa shape index (κ1) is 19.7. The van der Waals surface area contributed by atoms with Crippen LogP contribution in [0.4, 0.5) is 0 Å². The van der Waals surface area contributed by atoms with Crippen molar-refractivity contribution < 1.29 is 5.11 Å². The fraction of sp³-hybridized carbons (Fsp3) is 0.227. The third-order valence-corrected chi connectivity index (χ3v) is 4.91. The van der Waals surface area contributed by atoms with Gasteiger partial charge in [-0.25, -0.2) is 14.6 Å². The van der Waals surface area contributed by atoms with Crippen LogP contribution in [-0.2, 0) is 13.5 Å². The Morgan fingerprint density at radius 2 is 1.93 bits per heavy atom. The van der Waals surface area contributed by atoms with E-state index in [-0.39, 0.29) is 18.0 Å². The van der Waals surface area contributed by atoms with Crippen molar-refractivity contribution in [2.75, 3.05) is 6.61 Å². The minimum absolute atomic E-state index is 0.00322. The van der Waals surface area contributed by atoms with Gasteiger partial charge >= 0.3 is 0 Å². The molecule has 0 aliphatic heterocycles. The fourth-order valence-corrected chi connectivity index (χ4v) is 3.10. The van der Waals surface area contributed by atoms with Crippen LogP contribution in [0, 0.1) is 0 Å². The van der Waals surface area contributed by atoms with Gasteiger partial charge in [0.15, 0.2) is 5.82 Å². The zero-order valence-electron chi connectivity index (χ0n) is 16.8. The van der Waals surface area contributed by atoms with Crippen molar-refractivity contribution in [2.24, 2.45) is 7.05 Å². The van der Waals surface area contributed by atoms with Gasteiger partial charge in [-0.15, -0.1) is 0 Å². The third kappa shape index (κ3) is 4.18. The Morgan fingerprint density at radius 3 is 2.63 bits per heavy atom. The molecule has 0 amide bonds. The molecule has 0 fully saturated rings. The molecular formula is C22H22N6O2. The highest BCUT2D eigenvalue weighted by atomic mass is 16.3. The molecule has 3 heterocycles. The summed E-state index contributed by atoms with van der Waals surface area (Å²) < 4.78 is 3.34. The van der Waals surface area contributed by atoms with Crippen LogP contribution < -0.4 is 5.43 Å². The van der Waals surface area contributed by atoms with Crippen LogP contribution >= 0.6 is 0 Å². The molecule has 1 aromatic carbocycles. The van der Waals surface area contributed by atoms with Crippen LogP contribution in [0.2, 0.25) is 0 Å². The SMILES string of the molecule is CC(CO)c1cnc(-c2cccc(Cc3nn(-c4cnn(C)c4)ccc3=O)c2)nc1. The zero-order valence-corrected chi connectivity index (χ0v) is 16.8. The molecule has 0 saturated carbocycles. The van der Waals surface area contributed by atoms with Crippen LogP contribution in [-0.4, -0.2) is 41.2 Å². The van der Waals surface area contributed by atoms with Crippen molar-refractivity contribution in [3.05, 3.63) is 88.4 Å². The Labute approximate surface area is 173 Å². The van der Waals surface area contributed by atoms with Crippen LogP contribution in [0.25, 0.3) is 17.1 Å². The van der Waals surface area contributed by atoms with E-state index in [1.807, 2.05) is 44.4 Å². The molecule has 8 heteroatoms. The van der Waals surface area contributed by atoms with Crippen LogP contribution in [0.15, 0.2) is 66.1 Å². The van der Waals surface area contributed by atoms with Crippen molar-refractivity contribution in [3.63, 3.8) is 0 Å². The van der Waals surface area contributed by atoms with Gasteiger partial charge in [0, 0.05) is 56.2 Å². The standard InChI is InChI=1S/C22H22N6O2/c1-15(14-29)18-10-23-22(24-11-18)17-5-3-4-16(8-17)9-20-21(30)6-7-28(26-20)19-12-25-27(2)13-19/h3-8,10-13,15,29H,9,14H2,1-2H3. The Bertz CT molecular complexity index is 1210. The van der Waals surface area contributed by atoms with Crippen molar-refractivity contribution >= 4 is 0 Å². The van der Waals surface area contributed by atoms with Gasteiger partial charge in [-0.05, 0) is 17.2 Å². The number of hydrogen-bond acceptors (Lipinski definition) is 6. The predicted octanol–water partition coefficient (Wildman–Crippen LogP) is 2.11. The van der Waals surface area contributed by atoms with Crippen molar-refractivity contribution in [2.45, 2.75) is 19.3 Å². The molecule has 0 aliphatic rings. The summed E-state index contributed by atoms with van der Waals surface area (Å²) in [5.74, 6) is 0.594. The van der Waals surface area contributed by atoms with Gasteiger partial charge in [0.2, 0.25) is 5.43 Å². The van der Waals surface area contributed by atoms with E-state index in [0.29, 0.717) is 17.9 Å². The third-order valence-electron chi connectivity index (χ3n) is 4.91. The summed E-state index contributed by atoms with van der Waals surface area (Å²) in [4.78, 5) is 21.2. The molecule has 1 atom stereocenters. The number of hydrogen-bond donors (Lipinski definition) is 1. The quantitative estimate of drug-likeness (QED) is 0.530. The molecule has 1 unspecified atom stereocenters. The zero-order chi connectivity index (χ0) is 21.1.